The minimum Gasteiger partial charge on any atom is -0.329 e. The van der Waals surface area contributed by atoms with Crippen molar-refractivity contribution in [3.05, 3.63) is 0 Å². The number of piperazine rings is 1. The number of nitrogens with zero attached hydrogens (tertiary/aromatic N) is 3. The second-order valence-electron chi connectivity index (χ2n) is 6.84. The summed E-state index contributed by atoms with van der Waals surface area (Å²) in [7, 11) is 2.25. The smallest absolute Gasteiger partial charge is 0.0345 e. The number of nitrogens with two attached hydrogens (primary N) is 1. The lowest BCUT2D eigenvalue weighted by atomic mass is 9.87. The highest BCUT2D eigenvalue weighted by Gasteiger charge is 2.40. The summed E-state index contributed by atoms with van der Waals surface area (Å²) in [6, 6.07) is 0.927. The normalized spacial score (nSPS) is 36.3. The maximum Gasteiger partial charge on any atom is 0.0345 e. The fourth-order valence-corrected chi connectivity index (χ4v) is 3.96. The average molecular weight is 266 g/mol. The van der Waals surface area contributed by atoms with Gasteiger partial charge in [0, 0.05) is 44.3 Å². The minimum atomic E-state index is 0.292. The number of hydrogen-bond acceptors (Lipinski definition) is 4. The standard InChI is InChI=1S/C15H30N4/c1-17-7-2-5-15(13-16,6-8-17)19-11-9-18(10-12-19)14-3-4-14/h14H,2-13,16H2,1H3. The molecule has 4 heteroatoms. The van der Waals surface area contributed by atoms with Gasteiger partial charge in [-0.15, -0.1) is 0 Å². The van der Waals surface area contributed by atoms with E-state index in [0.717, 1.165) is 12.6 Å². The molecule has 1 saturated carbocycles. The summed E-state index contributed by atoms with van der Waals surface area (Å²) in [6.07, 6.45) is 6.72. The van der Waals surface area contributed by atoms with Crippen LogP contribution in [-0.4, -0.2) is 79.1 Å². The van der Waals surface area contributed by atoms with Crippen LogP contribution in [0.25, 0.3) is 0 Å². The first-order valence-corrected chi connectivity index (χ1v) is 8.11. The Hall–Kier alpha value is -0.160. The van der Waals surface area contributed by atoms with Crippen LogP contribution >= 0.6 is 0 Å². The Morgan fingerprint density at radius 2 is 1.74 bits per heavy atom. The van der Waals surface area contributed by atoms with Crippen molar-refractivity contribution in [1.29, 1.82) is 0 Å². The van der Waals surface area contributed by atoms with E-state index in [0.29, 0.717) is 5.54 Å². The molecule has 2 aliphatic heterocycles. The molecule has 110 valence electrons. The third kappa shape index (κ3) is 2.97. The molecule has 0 bridgehead atoms. The van der Waals surface area contributed by atoms with Crippen LogP contribution in [0.1, 0.15) is 32.1 Å². The molecule has 2 N–H and O–H groups in total. The van der Waals surface area contributed by atoms with E-state index >= 15 is 0 Å². The number of likely N-dealkylation sites (tertiary alicyclic amines) is 1. The SMILES string of the molecule is CN1CCCC(CN)(N2CCN(C3CC3)CC2)CC1. The predicted molar refractivity (Wildman–Crippen MR) is 79.3 cm³/mol. The molecule has 19 heavy (non-hydrogen) atoms. The van der Waals surface area contributed by atoms with Crippen molar-refractivity contribution in [2.24, 2.45) is 5.73 Å². The first kappa shape index (κ1) is 13.8. The van der Waals surface area contributed by atoms with Gasteiger partial charge >= 0.3 is 0 Å². The van der Waals surface area contributed by atoms with E-state index in [9.17, 15) is 0 Å². The highest BCUT2D eigenvalue weighted by Crippen LogP contribution is 2.32. The lowest BCUT2D eigenvalue weighted by molar-refractivity contribution is 0.0244. The largest absolute Gasteiger partial charge is 0.329 e. The average Bonchev–Trinajstić information content (AvgIpc) is 3.27. The van der Waals surface area contributed by atoms with E-state index in [4.69, 9.17) is 5.73 Å². The van der Waals surface area contributed by atoms with Crippen LogP contribution in [-0.2, 0) is 0 Å². The molecule has 0 spiro atoms. The highest BCUT2D eigenvalue weighted by molar-refractivity contribution is 4.97. The van der Waals surface area contributed by atoms with Gasteiger partial charge in [0.2, 0.25) is 0 Å². The van der Waals surface area contributed by atoms with E-state index in [2.05, 4.69) is 21.7 Å². The van der Waals surface area contributed by atoms with Crippen LogP contribution in [0.5, 0.6) is 0 Å². The van der Waals surface area contributed by atoms with Gasteiger partial charge in [0.15, 0.2) is 0 Å². The van der Waals surface area contributed by atoms with Gasteiger partial charge in [-0.2, -0.15) is 0 Å². The van der Waals surface area contributed by atoms with E-state index < -0.39 is 0 Å². The second kappa shape index (κ2) is 5.68. The lowest BCUT2D eigenvalue weighted by Crippen LogP contribution is -2.60. The Kier molecular flexibility index (Phi) is 4.13. The van der Waals surface area contributed by atoms with Gasteiger partial charge in [-0.25, -0.2) is 0 Å². The number of hydrogen-bond donors (Lipinski definition) is 1. The van der Waals surface area contributed by atoms with Gasteiger partial charge in [0.05, 0.1) is 0 Å². The zero-order valence-electron chi connectivity index (χ0n) is 12.5. The third-order valence-electron chi connectivity index (χ3n) is 5.57. The first-order chi connectivity index (χ1) is 9.23. The van der Waals surface area contributed by atoms with Gasteiger partial charge in [-0.1, -0.05) is 0 Å². The van der Waals surface area contributed by atoms with Crippen LogP contribution in [0.2, 0.25) is 0 Å². The highest BCUT2D eigenvalue weighted by atomic mass is 15.3. The molecule has 0 aromatic heterocycles. The molecule has 3 fully saturated rings. The molecule has 3 rings (SSSR count). The Balaban J connectivity index is 1.61. The molecular weight excluding hydrogens is 236 g/mol. The third-order valence-corrected chi connectivity index (χ3v) is 5.57. The van der Waals surface area contributed by atoms with Crippen LogP contribution in [0.4, 0.5) is 0 Å². The molecule has 4 nitrogen and oxygen atoms in total. The van der Waals surface area contributed by atoms with Crippen molar-refractivity contribution >= 4 is 0 Å². The maximum absolute atomic E-state index is 6.22. The van der Waals surface area contributed by atoms with Gasteiger partial charge in [-0.05, 0) is 52.2 Å². The Morgan fingerprint density at radius 1 is 1.00 bits per heavy atom. The zero-order chi connectivity index (χ0) is 13.3. The Bertz CT molecular complexity index is 297. The number of rotatable bonds is 3. The summed E-state index contributed by atoms with van der Waals surface area (Å²) in [5.74, 6) is 0. The van der Waals surface area contributed by atoms with Crippen molar-refractivity contribution in [3.63, 3.8) is 0 Å². The molecule has 1 unspecified atom stereocenters. The Labute approximate surface area is 117 Å². The zero-order valence-corrected chi connectivity index (χ0v) is 12.5. The summed E-state index contributed by atoms with van der Waals surface area (Å²) in [4.78, 5) is 7.90. The summed E-state index contributed by atoms with van der Waals surface area (Å²) in [6.45, 7) is 8.29. The molecule has 1 aliphatic carbocycles. The van der Waals surface area contributed by atoms with Gasteiger partial charge in [-0.3, -0.25) is 9.80 Å². The molecule has 3 aliphatic rings. The molecule has 2 saturated heterocycles. The fraction of sp³-hybridized carbons (Fsp3) is 1.00. The molecule has 0 radical (unpaired) electrons. The molecule has 0 aromatic carbocycles. The summed E-state index contributed by atoms with van der Waals surface area (Å²) < 4.78 is 0. The van der Waals surface area contributed by atoms with Crippen molar-refractivity contribution in [1.82, 2.24) is 14.7 Å². The maximum atomic E-state index is 6.22. The van der Waals surface area contributed by atoms with Crippen molar-refractivity contribution in [3.8, 4) is 0 Å². The van der Waals surface area contributed by atoms with Crippen LogP contribution < -0.4 is 5.73 Å². The van der Waals surface area contributed by atoms with E-state index in [1.807, 2.05) is 0 Å². The summed E-state index contributed by atoms with van der Waals surface area (Å²) >= 11 is 0. The van der Waals surface area contributed by atoms with E-state index in [1.165, 1.54) is 71.4 Å². The summed E-state index contributed by atoms with van der Waals surface area (Å²) in [5, 5.41) is 0. The first-order valence-electron chi connectivity index (χ1n) is 8.11. The van der Waals surface area contributed by atoms with Gasteiger partial charge in [0.25, 0.3) is 0 Å². The monoisotopic (exact) mass is 266 g/mol. The van der Waals surface area contributed by atoms with Crippen LogP contribution in [0.3, 0.4) is 0 Å². The second-order valence-corrected chi connectivity index (χ2v) is 6.84. The van der Waals surface area contributed by atoms with Crippen molar-refractivity contribution < 1.29 is 0 Å². The van der Waals surface area contributed by atoms with Crippen LogP contribution in [0, 0.1) is 0 Å². The quantitative estimate of drug-likeness (QED) is 0.810. The molecular formula is C15H30N4. The van der Waals surface area contributed by atoms with Crippen molar-refractivity contribution in [2.45, 2.75) is 43.7 Å². The minimum absolute atomic E-state index is 0.292. The molecule has 1 atom stereocenters. The lowest BCUT2D eigenvalue weighted by Gasteiger charge is -2.47. The topological polar surface area (TPSA) is 35.7 Å². The summed E-state index contributed by atoms with van der Waals surface area (Å²) in [5.41, 5.74) is 6.51. The van der Waals surface area contributed by atoms with Gasteiger partial charge in [0.1, 0.15) is 0 Å². The Morgan fingerprint density at radius 3 is 2.37 bits per heavy atom. The molecule has 2 heterocycles. The van der Waals surface area contributed by atoms with Crippen LogP contribution in [0.15, 0.2) is 0 Å². The van der Waals surface area contributed by atoms with Gasteiger partial charge < -0.3 is 10.6 Å². The van der Waals surface area contributed by atoms with E-state index in [1.54, 1.807) is 0 Å². The molecule has 0 amide bonds. The predicted octanol–water partition coefficient (Wildman–Crippen LogP) is 0.580. The fourth-order valence-electron chi connectivity index (χ4n) is 3.96. The molecule has 0 aromatic rings. The van der Waals surface area contributed by atoms with Crippen molar-refractivity contribution in [2.75, 3.05) is 52.9 Å². The van der Waals surface area contributed by atoms with E-state index in [-0.39, 0.29) is 0 Å².